The van der Waals surface area contributed by atoms with E-state index in [1.165, 1.54) is 0 Å². The molecule has 2 aromatic carbocycles. The molecular weight excluding hydrogens is 384 g/mol. The molecule has 2 N–H and O–H groups in total. The van der Waals surface area contributed by atoms with E-state index in [9.17, 15) is 10.2 Å². The van der Waals surface area contributed by atoms with Gasteiger partial charge in [-0.25, -0.2) is 0 Å². The molecule has 0 amide bonds. The molecule has 0 spiro atoms. The lowest BCUT2D eigenvalue weighted by Crippen LogP contribution is -2.16. The van der Waals surface area contributed by atoms with Crippen LogP contribution in [0.15, 0.2) is 40.3 Å². The van der Waals surface area contributed by atoms with Crippen LogP contribution in [0.1, 0.15) is 83.2 Å². The fraction of sp³-hybridized carbons (Fsp3) is 0.481. The van der Waals surface area contributed by atoms with Gasteiger partial charge in [-0.15, -0.1) is 0 Å². The third-order valence-electron chi connectivity index (χ3n) is 5.56. The van der Waals surface area contributed by atoms with Gasteiger partial charge in [0.25, 0.3) is 0 Å². The Labute approximate surface area is 187 Å². The maximum Gasteiger partial charge on any atom is 0.128 e. The number of benzene rings is 2. The number of nitrogens with zero attached hydrogens (tertiary/aromatic N) is 2. The van der Waals surface area contributed by atoms with Gasteiger partial charge in [0.05, 0.1) is 12.1 Å². The average Bonchev–Trinajstić information content (AvgIpc) is 2.65. The molecular formula is C27H38N2O2. The SMILES string of the molecule is Cc1cc(C=NC(C)C(C)N=Cc2cccc(C(C)(C)C)c2O)c(O)c(C(C)(C)C)c1. The second-order valence-corrected chi connectivity index (χ2v) is 10.5. The van der Waals surface area contributed by atoms with Gasteiger partial charge in [0.15, 0.2) is 0 Å². The van der Waals surface area contributed by atoms with E-state index in [4.69, 9.17) is 0 Å². The van der Waals surface area contributed by atoms with Crippen LogP contribution in [-0.2, 0) is 10.8 Å². The molecule has 4 nitrogen and oxygen atoms in total. The van der Waals surface area contributed by atoms with E-state index in [0.29, 0.717) is 5.56 Å². The quantitative estimate of drug-likeness (QED) is 0.554. The number of aromatic hydroxyl groups is 2. The molecule has 0 aliphatic heterocycles. The van der Waals surface area contributed by atoms with E-state index < -0.39 is 0 Å². The summed E-state index contributed by atoms with van der Waals surface area (Å²) in [5.41, 5.74) is 4.06. The number of phenolic OH excluding ortho intramolecular Hbond substituents is 2. The fourth-order valence-corrected chi connectivity index (χ4v) is 3.39. The minimum atomic E-state index is -0.147. The Bertz CT molecular complexity index is 976. The predicted octanol–water partition coefficient (Wildman–Crippen LogP) is 6.32. The summed E-state index contributed by atoms with van der Waals surface area (Å²) in [6, 6.07) is 9.58. The van der Waals surface area contributed by atoms with Crippen molar-refractivity contribution in [3.63, 3.8) is 0 Å². The van der Waals surface area contributed by atoms with Crippen LogP contribution in [0.5, 0.6) is 11.5 Å². The highest BCUT2D eigenvalue weighted by molar-refractivity contribution is 5.85. The van der Waals surface area contributed by atoms with Gasteiger partial charge in [0.1, 0.15) is 11.5 Å². The van der Waals surface area contributed by atoms with Crippen molar-refractivity contribution in [1.29, 1.82) is 0 Å². The van der Waals surface area contributed by atoms with Crippen molar-refractivity contribution in [1.82, 2.24) is 0 Å². The topological polar surface area (TPSA) is 65.2 Å². The maximum absolute atomic E-state index is 10.7. The van der Waals surface area contributed by atoms with Crippen LogP contribution in [0, 0.1) is 6.92 Å². The van der Waals surface area contributed by atoms with Crippen LogP contribution in [0.2, 0.25) is 0 Å². The summed E-state index contributed by atoms with van der Waals surface area (Å²) >= 11 is 0. The Balaban J connectivity index is 2.22. The van der Waals surface area contributed by atoms with Gasteiger partial charge in [-0.1, -0.05) is 59.7 Å². The third kappa shape index (κ3) is 6.19. The van der Waals surface area contributed by atoms with E-state index in [0.717, 1.165) is 22.3 Å². The van der Waals surface area contributed by atoms with Gasteiger partial charge in [-0.05, 0) is 54.9 Å². The summed E-state index contributed by atoms with van der Waals surface area (Å²) in [4.78, 5) is 9.28. The molecule has 2 atom stereocenters. The van der Waals surface area contributed by atoms with E-state index in [1.54, 1.807) is 12.4 Å². The molecule has 0 heterocycles. The smallest absolute Gasteiger partial charge is 0.128 e. The van der Waals surface area contributed by atoms with Crippen LogP contribution < -0.4 is 0 Å². The zero-order chi connectivity index (χ0) is 23.6. The first kappa shape index (κ1) is 24.6. The lowest BCUT2D eigenvalue weighted by atomic mass is 9.84. The molecule has 0 fully saturated rings. The number of aryl methyl sites for hydroxylation is 1. The van der Waals surface area contributed by atoms with Gasteiger partial charge in [-0.3, -0.25) is 9.98 Å². The largest absolute Gasteiger partial charge is 0.507 e. The minimum absolute atomic E-state index is 0.0806. The Morgan fingerprint density at radius 2 is 1.23 bits per heavy atom. The lowest BCUT2D eigenvalue weighted by molar-refractivity contribution is 0.445. The first-order valence-corrected chi connectivity index (χ1v) is 10.9. The van der Waals surface area contributed by atoms with Crippen LogP contribution in [0.4, 0.5) is 0 Å². The predicted molar refractivity (Wildman–Crippen MR) is 132 cm³/mol. The van der Waals surface area contributed by atoms with Gasteiger partial charge in [-0.2, -0.15) is 0 Å². The Morgan fingerprint density at radius 3 is 1.74 bits per heavy atom. The standard InChI is InChI=1S/C27H38N2O2/c1-17-13-21(25(31)23(14-17)27(7,8)9)16-29-19(3)18(2)28-15-20-11-10-12-22(24(20)30)26(4,5)6/h10-16,18-19,30-31H,1-9H3. The second-order valence-electron chi connectivity index (χ2n) is 10.5. The van der Waals surface area contributed by atoms with Gasteiger partial charge < -0.3 is 10.2 Å². The van der Waals surface area contributed by atoms with Crippen LogP contribution in [-0.4, -0.2) is 34.7 Å². The molecule has 2 unspecified atom stereocenters. The maximum atomic E-state index is 10.7. The van der Waals surface area contributed by atoms with Crippen molar-refractivity contribution in [3.05, 3.63) is 58.1 Å². The van der Waals surface area contributed by atoms with Crippen molar-refractivity contribution >= 4 is 12.4 Å². The zero-order valence-electron chi connectivity index (χ0n) is 20.5. The number of hydrogen-bond acceptors (Lipinski definition) is 4. The summed E-state index contributed by atoms with van der Waals surface area (Å²) in [5.74, 6) is 0.565. The molecule has 0 radical (unpaired) electrons. The third-order valence-corrected chi connectivity index (χ3v) is 5.56. The van der Waals surface area contributed by atoms with Gasteiger partial charge in [0, 0.05) is 29.1 Å². The van der Waals surface area contributed by atoms with Crippen molar-refractivity contribution in [2.24, 2.45) is 9.98 Å². The van der Waals surface area contributed by atoms with Crippen molar-refractivity contribution < 1.29 is 10.2 Å². The molecule has 0 aromatic heterocycles. The molecule has 0 aliphatic carbocycles. The number of rotatable bonds is 5. The van der Waals surface area contributed by atoms with Gasteiger partial charge >= 0.3 is 0 Å². The Hall–Kier alpha value is -2.62. The van der Waals surface area contributed by atoms with Crippen LogP contribution in [0.25, 0.3) is 0 Å². The summed E-state index contributed by atoms with van der Waals surface area (Å²) in [5, 5.41) is 21.4. The number of hydrogen-bond donors (Lipinski definition) is 2. The number of para-hydroxylation sites is 1. The van der Waals surface area contributed by atoms with Crippen molar-refractivity contribution in [2.75, 3.05) is 0 Å². The summed E-state index contributed by atoms with van der Waals surface area (Å²) in [6.07, 6.45) is 3.47. The van der Waals surface area contributed by atoms with Crippen LogP contribution >= 0.6 is 0 Å². The summed E-state index contributed by atoms with van der Waals surface area (Å²) in [6.45, 7) is 18.5. The molecule has 0 saturated carbocycles. The number of aliphatic imine (C=N–C) groups is 2. The van der Waals surface area contributed by atoms with Crippen LogP contribution in [0.3, 0.4) is 0 Å². The monoisotopic (exact) mass is 422 g/mol. The Morgan fingerprint density at radius 1 is 0.742 bits per heavy atom. The highest BCUT2D eigenvalue weighted by atomic mass is 16.3. The molecule has 2 aromatic rings. The molecule has 31 heavy (non-hydrogen) atoms. The lowest BCUT2D eigenvalue weighted by Gasteiger charge is -2.22. The zero-order valence-corrected chi connectivity index (χ0v) is 20.5. The summed E-state index contributed by atoms with van der Waals surface area (Å²) < 4.78 is 0. The van der Waals surface area contributed by atoms with E-state index in [2.05, 4.69) is 51.5 Å². The van der Waals surface area contributed by atoms with E-state index >= 15 is 0 Å². The highest BCUT2D eigenvalue weighted by Gasteiger charge is 2.21. The molecule has 4 heteroatoms. The average molecular weight is 423 g/mol. The van der Waals surface area contributed by atoms with E-state index in [1.807, 2.05) is 51.1 Å². The molecule has 0 saturated heterocycles. The Kier molecular flexibility index (Phi) is 7.36. The molecule has 0 aliphatic rings. The van der Waals surface area contributed by atoms with Crippen molar-refractivity contribution in [3.8, 4) is 11.5 Å². The molecule has 0 bridgehead atoms. The number of phenols is 2. The van der Waals surface area contributed by atoms with Crippen molar-refractivity contribution in [2.45, 2.75) is 85.2 Å². The molecule has 168 valence electrons. The van der Waals surface area contributed by atoms with E-state index in [-0.39, 0.29) is 34.4 Å². The summed E-state index contributed by atoms with van der Waals surface area (Å²) in [7, 11) is 0. The van der Waals surface area contributed by atoms with Gasteiger partial charge in [0.2, 0.25) is 0 Å². The second kappa shape index (κ2) is 9.25. The normalized spacial score (nSPS) is 15.0. The fourth-order valence-electron chi connectivity index (χ4n) is 3.39. The first-order valence-electron chi connectivity index (χ1n) is 10.9. The highest BCUT2D eigenvalue weighted by Crippen LogP contribution is 2.34. The minimum Gasteiger partial charge on any atom is -0.507 e. The first-order chi connectivity index (χ1) is 14.2. The molecule has 2 rings (SSSR count).